The summed E-state index contributed by atoms with van der Waals surface area (Å²) in [4.78, 5) is 20.3. The van der Waals surface area contributed by atoms with E-state index in [1.165, 1.54) is 25.9 Å². The van der Waals surface area contributed by atoms with Gasteiger partial charge in [-0.2, -0.15) is 0 Å². The van der Waals surface area contributed by atoms with E-state index in [-0.39, 0.29) is 11.4 Å². The van der Waals surface area contributed by atoms with Crippen LogP contribution in [0.5, 0.6) is 0 Å². The SMILES string of the molecule is CC1(C)CN(C(=O)c2ccc(Cl)cc2)C[C@@H]2CN(CC3CC3)CCN21. The lowest BCUT2D eigenvalue weighted by Gasteiger charge is -2.55. The molecule has 4 rings (SSSR count). The molecule has 2 saturated heterocycles. The first-order chi connectivity index (χ1) is 11.9. The molecular formula is C20H28ClN3O. The lowest BCUT2D eigenvalue weighted by atomic mass is 9.92. The Bertz CT molecular complexity index is 641. The number of fused-ring (bicyclic) bond motifs is 1. The fraction of sp³-hybridized carbons (Fsp3) is 0.650. The zero-order valence-corrected chi connectivity index (χ0v) is 16.0. The van der Waals surface area contributed by atoms with E-state index < -0.39 is 0 Å². The summed E-state index contributed by atoms with van der Waals surface area (Å²) in [5.74, 6) is 1.05. The molecule has 1 atom stereocenters. The summed E-state index contributed by atoms with van der Waals surface area (Å²) < 4.78 is 0. The first-order valence-electron chi connectivity index (χ1n) is 9.46. The van der Waals surface area contributed by atoms with Gasteiger partial charge in [0.2, 0.25) is 0 Å². The van der Waals surface area contributed by atoms with Crippen LogP contribution in [-0.4, -0.2) is 71.5 Å². The third-order valence-electron chi connectivity index (χ3n) is 5.95. The van der Waals surface area contributed by atoms with Crippen molar-refractivity contribution in [2.75, 3.05) is 39.3 Å². The number of benzene rings is 1. The first kappa shape index (κ1) is 17.3. The Morgan fingerprint density at radius 2 is 1.88 bits per heavy atom. The summed E-state index contributed by atoms with van der Waals surface area (Å²) in [6.07, 6.45) is 2.80. The smallest absolute Gasteiger partial charge is 0.253 e. The highest BCUT2D eigenvalue weighted by atomic mass is 35.5. The molecule has 0 aromatic heterocycles. The van der Waals surface area contributed by atoms with E-state index in [1.54, 1.807) is 12.1 Å². The number of nitrogens with zero attached hydrogens (tertiary/aromatic N) is 3. The molecule has 0 N–H and O–H groups in total. The van der Waals surface area contributed by atoms with Gasteiger partial charge in [0.25, 0.3) is 5.91 Å². The van der Waals surface area contributed by atoms with E-state index in [2.05, 4.69) is 23.6 Å². The molecule has 1 aromatic rings. The summed E-state index contributed by atoms with van der Waals surface area (Å²) in [6, 6.07) is 7.71. The number of amides is 1. The van der Waals surface area contributed by atoms with Gasteiger partial charge >= 0.3 is 0 Å². The molecule has 0 radical (unpaired) electrons. The van der Waals surface area contributed by atoms with Crippen LogP contribution >= 0.6 is 11.6 Å². The third-order valence-corrected chi connectivity index (χ3v) is 6.20. The average Bonchev–Trinajstić information content (AvgIpc) is 3.38. The summed E-state index contributed by atoms with van der Waals surface area (Å²) in [5.41, 5.74) is 0.760. The van der Waals surface area contributed by atoms with Gasteiger partial charge in [-0.1, -0.05) is 11.6 Å². The van der Waals surface area contributed by atoms with Crippen molar-refractivity contribution in [1.82, 2.24) is 14.7 Å². The Hall–Kier alpha value is -1.10. The maximum atomic E-state index is 13.0. The second-order valence-electron chi connectivity index (χ2n) is 8.56. The molecule has 3 aliphatic rings. The monoisotopic (exact) mass is 361 g/mol. The maximum absolute atomic E-state index is 13.0. The van der Waals surface area contributed by atoms with E-state index >= 15 is 0 Å². The van der Waals surface area contributed by atoms with Gasteiger partial charge in [-0.3, -0.25) is 9.69 Å². The van der Waals surface area contributed by atoms with Crippen molar-refractivity contribution in [2.24, 2.45) is 5.92 Å². The molecule has 4 nitrogen and oxygen atoms in total. The Balaban J connectivity index is 1.48. The molecule has 2 aliphatic heterocycles. The molecule has 136 valence electrons. The molecule has 1 amide bonds. The fourth-order valence-corrected chi connectivity index (χ4v) is 4.64. The number of hydrogen-bond donors (Lipinski definition) is 0. The van der Waals surface area contributed by atoms with Crippen LogP contribution in [0.1, 0.15) is 37.0 Å². The molecular weight excluding hydrogens is 334 g/mol. The van der Waals surface area contributed by atoms with Crippen molar-refractivity contribution in [1.29, 1.82) is 0 Å². The van der Waals surface area contributed by atoms with E-state index in [1.807, 2.05) is 17.0 Å². The molecule has 5 heteroatoms. The Labute approximate surface area is 155 Å². The molecule has 1 aromatic carbocycles. The molecule has 0 bridgehead atoms. The number of piperazine rings is 2. The van der Waals surface area contributed by atoms with E-state index in [0.29, 0.717) is 11.1 Å². The Morgan fingerprint density at radius 3 is 2.56 bits per heavy atom. The molecule has 2 heterocycles. The van der Waals surface area contributed by atoms with Gasteiger partial charge in [0.1, 0.15) is 0 Å². The minimum absolute atomic E-state index is 0.0245. The van der Waals surface area contributed by atoms with Crippen molar-refractivity contribution in [2.45, 2.75) is 38.3 Å². The molecule has 25 heavy (non-hydrogen) atoms. The van der Waals surface area contributed by atoms with Crippen LogP contribution in [-0.2, 0) is 0 Å². The van der Waals surface area contributed by atoms with Crippen LogP contribution in [0.3, 0.4) is 0 Å². The van der Waals surface area contributed by atoms with Crippen molar-refractivity contribution < 1.29 is 4.79 Å². The largest absolute Gasteiger partial charge is 0.335 e. The van der Waals surface area contributed by atoms with Gasteiger partial charge in [-0.05, 0) is 56.9 Å². The van der Waals surface area contributed by atoms with Gasteiger partial charge in [0, 0.05) is 61.4 Å². The Kier molecular flexibility index (Phi) is 4.55. The number of hydrogen-bond acceptors (Lipinski definition) is 3. The third kappa shape index (κ3) is 3.71. The minimum atomic E-state index is 0.0245. The lowest BCUT2D eigenvalue weighted by Crippen LogP contribution is -2.70. The predicted octanol–water partition coefficient (Wildman–Crippen LogP) is 2.97. The standard InChI is InChI=1S/C20H28ClN3O/c1-20(2)14-23(19(25)16-5-7-17(21)8-6-16)13-18-12-22(9-10-24(18)20)11-15-3-4-15/h5-8,15,18H,3-4,9-14H2,1-2H3/t18-/m0/s1. The quantitative estimate of drug-likeness (QED) is 0.828. The summed E-state index contributed by atoms with van der Waals surface area (Å²) in [6.45, 7) is 10.8. The van der Waals surface area contributed by atoms with Gasteiger partial charge in [-0.25, -0.2) is 0 Å². The van der Waals surface area contributed by atoms with Crippen molar-refractivity contribution in [3.05, 3.63) is 34.9 Å². The number of carbonyl (C=O) groups is 1. The molecule has 0 unspecified atom stereocenters. The van der Waals surface area contributed by atoms with Crippen LogP contribution < -0.4 is 0 Å². The summed E-state index contributed by atoms with van der Waals surface area (Å²) >= 11 is 5.96. The van der Waals surface area contributed by atoms with Gasteiger partial charge in [-0.15, -0.1) is 0 Å². The zero-order valence-electron chi connectivity index (χ0n) is 15.2. The topological polar surface area (TPSA) is 26.8 Å². The number of halogens is 1. The number of carbonyl (C=O) groups excluding carboxylic acids is 1. The van der Waals surface area contributed by atoms with E-state index in [4.69, 9.17) is 11.6 Å². The second-order valence-corrected chi connectivity index (χ2v) is 8.99. The maximum Gasteiger partial charge on any atom is 0.253 e. The van der Waals surface area contributed by atoms with Crippen LogP contribution in [0.2, 0.25) is 5.02 Å². The second kappa shape index (κ2) is 6.57. The highest BCUT2D eigenvalue weighted by Gasteiger charge is 2.44. The molecule has 0 spiro atoms. The van der Waals surface area contributed by atoms with Crippen molar-refractivity contribution in [3.63, 3.8) is 0 Å². The van der Waals surface area contributed by atoms with Gasteiger partial charge in [0.15, 0.2) is 0 Å². The highest BCUT2D eigenvalue weighted by molar-refractivity contribution is 6.30. The summed E-state index contributed by atoms with van der Waals surface area (Å²) in [7, 11) is 0. The van der Waals surface area contributed by atoms with Crippen LogP contribution in [0.4, 0.5) is 0 Å². The van der Waals surface area contributed by atoms with E-state index in [9.17, 15) is 4.79 Å². The predicted molar refractivity (Wildman–Crippen MR) is 101 cm³/mol. The van der Waals surface area contributed by atoms with Crippen LogP contribution in [0, 0.1) is 5.92 Å². The lowest BCUT2D eigenvalue weighted by molar-refractivity contribution is -0.0568. The fourth-order valence-electron chi connectivity index (χ4n) is 4.51. The highest BCUT2D eigenvalue weighted by Crippen LogP contribution is 2.33. The van der Waals surface area contributed by atoms with Crippen molar-refractivity contribution >= 4 is 17.5 Å². The van der Waals surface area contributed by atoms with Crippen molar-refractivity contribution in [3.8, 4) is 0 Å². The van der Waals surface area contributed by atoms with Crippen LogP contribution in [0.15, 0.2) is 24.3 Å². The average molecular weight is 362 g/mol. The number of rotatable bonds is 3. The molecule has 3 fully saturated rings. The van der Waals surface area contributed by atoms with Crippen LogP contribution in [0.25, 0.3) is 0 Å². The molecule has 1 aliphatic carbocycles. The Morgan fingerprint density at radius 1 is 1.16 bits per heavy atom. The van der Waals surface area contributed by atoms with E-state index in [0.717, 1.165) is 37.7 Å². The first-order valence-corrected chi connectivity index (χ1v) is 9.84. The minimum Gasteiger partial charge on any atom is -0.335 e. The van der Waals surface area contributed by atoms with Gasteiger partial charge < -0.3 is 9.80 Å². The zero-order chi connectivity index (χ0) is 17.6. The molecule has 1 saturated carbocycles. The normalized spacial score (nSPS) is 27.2. The summed E-state index contributed by atoms with van der Waals surface area (Å²) in [5, 5.41) is 0.671. The van der Waals surface area contributed by atoms with Gasteiger partial charge in [0.05, 0.1) is 0 Å².